The van der Waals surface area contributed by atoms with E-state index in [0.717, 1.165) is 0 Å². The first-order valence-corrected chi connectivity index (χ1v) is 7.79. The van der Waals surface area contributed by atoms with Gasteiger partial charge in [-0.3, -0.25) is 0 Å². The topological polar surface area (TPSA) is 59.1 Å². The Labute approximate surface area is 110 Å². The van der Waals surface area contributed by atoms with Crippen molar-refractivity contribution in [1.82, 2.24) is 4.98 Å². The van der Waals surface area contributed by atoms with Crippen molar-refractivity contribution in [1.29, 1.82) is 0 Å². The molecule has 1 aromatic heterocycles. The average molecular weight is 295 g/mol. The van der Waals surface area contributed by atoms with Crippen molar-refractivity contribution in [2.75, 3.05) is 23.4 Å². The molecule has 1 saturated heterocycles. The van der Waals surface area contributed by atoms with Gasteiger partial charge in [0.25, 0.3) is 0 Å². The second-order valence-corrected chi connectivity index (χ2v) is 7.21. The maximum absolute atomic E-state index is 11.3. The molecule has 0 bridgehead atoms. The highest BCUT2D eigenvalue weighted by atomic mass is 35.5. The molecule has 2 rings (SSSR count). The van der Waals surface area contributed by atoms with Crippen molar-refractivity contribution in [3.8, 4) is 0 Å². The predicted octanol–water partition coefficient (Wildman–Crippen LogP) is 2.24. The Morgan fingerprint density at radius 1 is 1.47 bits per heavy atom. The average Bonchev–Trinajstić information content (AvgIpc) is 2.57. The van der Waals surface area contributed by atoms with Gasteiger partial charge in [0.15, 0.2) is 9.84 Å². The normalized spacial score (nSPS) is 22.6. The first-order chi connectivity index (χ1) is 7.96. The Morgan fingerprint density at radius 3 is 2.82 bits per heavy atom. The van der Waals surface area contributed by atoms with Gasteiger partial charge in [0, 0.05) is 12.7 Å². The van der Waals surface area contributed by atoms with Crippen molar-refractivity contribution in [3.63, 3.8) is 0 Å². The Balaban J connectivity index is 1.95. The van der Waals surface area contributed by atoms with Gasteiger partial charge >= 0.3 is 0 Å². The molecular formula is C10H12Cl2N2O2S. The van der Waals surface area contributed by atoms with Gasteiger partial charge in [0.05, 0.1) is 21.6 Å². The van der Waals surface area contributed by atoms with Crippen LogP contribution in [-0.2, 0) is 9.84 Å². The number of halogens is 2. The monoisotopic (exact) mass is 294 g/mol. The zero-order valence-electron chi connectivity index (χ0n) is 8.99. The lowest BCUT2D eigenvalue weighted by molar-refractivity contribution is 0.595. The smallest absolute Gasteiger partial charge is 0.150 e. The van der Waals surface area contributed by atoms with E-state index >= 15 is 0 Å². The number of anilines is 1. The molecule has 1 fully saturated rings. The molecule has 94 valence electrons. The summed E-state index contributed by atoms with van der Waals surface area (Å²) in [6.45, 7) is 0.563. The molecule has 1 aliphatic rings. The number of nitrogens with one attached hydrogen (secondary N) is 1. The van der Waals surface area contributed by atoms with Crippen molar-refractivity contribution in [3.05, 3.63) is 22.3 Å². The van der Waals surface area contributed by atoms with E-state index in [0.29, 0.717) is 28.8 Å². The third kappa shape index (κ3) is 3.47. The summed E-state index contributed by atoms with van der Waals surface area (Å²) in [5.74, 6) is 1.20. The number of hydrogen-bond donors (Lipinski definition) is 1. The minimum Gasteiger partial charge on any atom is -0.369 e. The molecule has 0 amide bonds. The van der Waals surface area contributed by atoms with Gasteiger partial charge in [-0.2, -0.15) is 0 Å². The van der Waals surface area contributed by atoms with Gasteiger partial charge in [-0.25, -0.2) is 13.4 Å². The fraction of sp³-hybridized carbons (Fsp3) is 0.500. The highest BCUT2D eigenvalue weighted by molar-refractivity contribution is 7.91. The predicted molar refractivity (Wildman–Crippen MR) is 69.5 cm³/mol. The lowest BCUT2D eigenvalue weighted by Crippen LogP contribution is -2.16. The van der Waals surface area contributed by atoms with Crippen LogP contribution in [0.3, 0.4) is 0 Å². The van der Waals surface area contributed by atoms with E-state index in [1.54, 1.807) is 6.07 Å². The molecule has 2 heterocycles. The van der Waals surface area contributed by atoms with Crippen LogP contribution in [0, 0.1) is 5.92 Å². The van der Waals surface area contributed by atoms with E-state index in [1.165, 1.54) is 6.20 Å². The van der Waals surface area contributed by atoms with E-state index < -0.39 is 9.84 Å². The van der Waals surface area contributed by atoms with Crippen LogP contribution in [0.25, 0.3) is 0 Å². The molecule has 0 spiro atoms. The summed E-state index contributed by atoms with van der Waals surface area (Å²) in [4.78, 5) is 4.05. The summed E-state index contributed by atoms with van der Waals surface area (Å²) in [5.41, 5.74) is 0. The SMILES string of the molecule is O=S1(=O)CCC(CNc2ncc(Cl)cc2Cl)C1. The third-order valence-electron chi connectivity index (χ3n) is 2.69. The van der Waals surface area contributed by atoms with E-state index in [-0.39, 0.29) is 17.4 Å². The first-order valence-electron chi connectivity index (χ1n) is 5.21. The Morgan fingerprint density at radius 2 is 2.24 bits per heavy atom. The van der Waals surface area contributed by atoms with Gasteiger partial charge in [-0.15, -0.1) is 0 Å². The van der Waals surface area contributed by atoms with Crippen molar-refractivity contribution >= 4 is 38.9 Å². The number of sulfone groups is 1. The van der Waals surface area contributed by atoms with Crippen LogP contribution in [-0.4, -0.2) is 31.5 Å². The van der Waals surface area contributed by atoms with Crippen LogP contribution in [0.15, 0.2) is 12.3 Å². The van der Waals surface area contributed by atoms with Gasteiger partial charge in [0.2, 0.25) is 0 Å². The van der Waals surface area contributed by atoms with E-state index in [2.05, 4.69) is 10.3 Å². The molecule has 7 heteroatoms. The maximum Gasteiger partial charge on any atom is 0.150 e. The van der Waals surface area contributed by atoms with E-state index in [1.807, 2.05) is 0 Å². The second-order valence-electron chi connectivity index (χ2n) is 4.13. The summed E-state index contributed by atoms with van der Waals surface area (Å²) in [6.07, 6.45) is 2.20. The first kappa shape index (κ1) is 12.9. The highest BCUT2D eigenvalue weighted by Gasteiger charge is 2.27. The zero-order chi connectivity index (χ0) is 12.5. The lowest BCUT2D eigenvalue weighted by Gasteiger charge is -2.11. The Hall–Kier alpha value is -0.520. The highest BCUT2D eigenvalue weighted by Crippen LogP contribution is 2.24. The largest absolute Gasteiger partial charge is 0.369 e. The van der Waals surface area contributed by atoms with Crippen LogP contribution >= 0.6 is 23.2 Å². The molecule has 0 radical (unpaired) electrons. The molecule has 1 aliphatic heterocycles. The maximum atomic E-state index is 11.3. The molecule has 0 aliphatic carbocycles. The molecule has 1 atom stereocenters. The fourth-order valence-corrected chi connectivity index (χ4v) is 4.13. The number of aromatic nitrogens is 1. The van der Waals surface area contributed by atoms with Crippen LogP contribution in [0.1, 0.15) is 6.42 Å². The quantitative estimate of drug-likeness (QED) is 0.929. The number of rotatable bonds is 3. The second kappa shape index (κ2) is 5.00. The Kier molecular flexibility index (Phi) is 3.80. The molecule has 4 nitrogen and oxygen atoms in total. The summed E-state index contributed by atoms with van der Waals surface area (Å²) in [7, 11) is -2.83. The molecule has 17 heavy (non-hydrogen) atoms. The molecule has 1 N–H and O–H groups in total. The number of nitrogens with zero attached hydrogens (tertiary/aromatic N) is 1. The molecular weight excluding hydrogens is 283 g/mol. The van der Waals surface area contributed by atoms with Crippen LogP contribution < -0.4 is 5.32 Å². The zero-order valence-corrected chi connectivity index (χ0v) is 11.3. The summed E-state index contributed by atoms with van der Waals surface area (Å²) in [5, 5.41) is 3.97. The third-order valence-corrected chi connectivity index (χ3v) is 5.02. The van der Waals surface area contributed by atoms with Crippen LogP contribution in [0.5, 0.6) is 0 Å². The van der Waals surface area contributed by atoms with E-state index in [9.17, 15) is 8.42 Å². The molecule has 0 aromatic carbocycles. The summed E-state index contributed by atoms with van der Waals surface area (Å²) < 4.78 is 22.6. The van der Waals surface area contributed by atoms with Crippen LogP contribution in [0.4, 0.5) is 5.82 Å². The van der Waals surface area contributed by atoms with Gasteiger partial charge in [-0.05, 0) is 18.4 Å². The Bertz CT molecular complexity index is 519. The summed E-state index contributed by atoms with van der Waals surface area (Å²) >= 11 is 11.7. The van der Waals surface area contributed by atoms with Gasteiger partial charge < -0.3 is 5.32 Å². The van der Waals surface area contributed by atoms with Crippen molar-refractivity contribution in [2.45, 2.75) is 6.42 Å². The van der Waals surface area contributed by atoms with Crippen molar-refractivity contribution in [2.24, 2.45) is 5.92 Å². The summed E-state index contributed by atoms with van der Waals surface area (Å²) in [6, 6.07) is 1.60. The molecule has 1 unspecified atom stereocenters. The number of hydrogen-bond acceptors (Lipinski definition) is 4. The fourth-order valence-electron chi connectivity index (χ4n) is 1.82. The molecule has 1 aromatic rings. The molecule has 0 saturated carbocycles. The standard InChI is InChI=1S/C10H12Cl2N2O2S/c11-8-3-9(12)10(14-5-8)13-4-7-1-2-17(15,16)6-7/h3,5,7H,1-2,4,6H2,(H,13,14). The minimum absolute atomic E-state index is 0.133. The van der Waals surface area contributed by atoms with Gasteiger partial charge in [-0.1, -0.05) is 23.2 Å². The van der Waals surface area contributed by atoms with Crippen LogP contribution in [0.2, 0.25) is 10.0 Å². The minimum atomic E-state index is -2.83. The lowest BCUT2D eigenvalue weighted by atomic mass is 10.1. The van der Waals surface area contributed by atoms with Gasteiger partial charge in [0.1, 0.15) is 5.82 Å². The van der Waals surface area contributed by atoms with Crippen molar-refractivity contribution < 1.29 is 8.42 Å². The number of pyridine rings is 1. The van der Waals surface area contributed by atoms with E-state index in [4.69, 9.17) is 23.2 Å².